The Morgan fingerprint density at radius 2 is 2.47 bits per heavy atom. The number of rotatable bonds is 5. The maximum atomic E-state index is 5.62. The third kappa shape index (κ3) is 3.92. The van der Waals surface area contributed by atoms with Gasteiger partial charge in [-0.15, -0.1) is 11.3 Å². The summed E-state index contributed by atoms with van der Waals surface area (Å²) in [5.41, 5.74) is 1.10. The van der Waals surface area contributed by atoms with E-state index in [4.69, 9.17) is 9.47 Å². The Bertz CT molecular complexity index is 339. The molecule has 0 bridgehead atoms. The normalized spacial score (nSPS) is 20.8. The Morgan fingerprint density at radius 1 is 1.59 bits per heavy atom. The molecule has 0 spiro atoms. The highest BCUT2D eigenvalue weighted by Crippen LogP contribution is 2.15. The summed E-state index contributed by atoms with van der Waals surface area (Å²) in [5, 5.41) is 6.09. The molecule has 17 heavy (non-hydrogen) atoms. The molecule has 0 amide bonds. The number of thiazole rings is 1. The Balaban J connectivity index is 1.77. The lowest BCUT2D eigenvalue weighted by molar-refractivity contribution is -0.0963. The maximum Gasteiger partial charge on any atom is 0.182 e. The monoisotopic (exact) mass is 257 g/mol. The number of hydrogen-bond acceptors (Lipinski definition) is 6. The summed E-state index contributed by atoms with van der Waals surface area (Å²) in [6, 6.07) is 0. The first kappa shape index (κ1) is 12.8. The van der Waals surface area contributed by atoms with Crippen LogP contribution in [-0.2, 0) is 16.0 Å². The molecule has 1 aromatic heterocycles. The van der Waals surface area contributed by atoms with Gasteiger partial charge in [-0.1, -0.05) is 0 Å². The van der Waals surface area contributed by atoms with Crippen LogP contribution in [0.4, 0.5) is 5.13 Å². The minimum atomic E-state index is 0.191. The number of hydrogen-bond donors (Lipinski definition) is 1. The smallest absolute Gasteiger partial charge is 0.182 e. The second-order valence-corrected chi connectivity index (χ2v) is 5.02. The van der Waals surface area contributed by atoms with Crippen molar-refractivity contribution in [2.24, 2.45) is 0 Å². The van der Waals surface area contributed by atoms with Crippen molar-refractivity contribution >= 4 is 16.5 Å². The van der Waals surface area contributed by atoms with Gasteiger partial charge < -0.3 is 14.8 Å². The lowest BCUT2D eigenvalue weighted by atomic mass is 10.3. The number of anilines is 1. The van der Waals surface area contributed by atoms with E-state index in [0.717, 1.165) is 30.5 Å². The molecule has 1 fully saturated rings. The highest BCUT2D eigenvalue weighted by molar-refractivity contribution is 7.13. The lowest BCUT2D eigenvalue weighted by Gasteiger charge is -2.27. The molecular weight excluding hydrogens is 238 g/mol. The van der Waals surface area contributed by atoms with Crippen LogP contribution in [0.25, 0.3) is 0 Å². The van der Waals surface area contributed by atoms with Gasteiger partial charge in [-0.25, -0.2) is 4.98 Å². The van der Waals surface area contributed by atoms with E-state index in [9.17, 15) is 0 Å². The zero-order chi connectivity index (χ0) is 12.1. The SMILES string of the molecule is CNc1nc(CN(C)C[C@H]2COCCO2)cs1. The highest BCUT2D eigenvalue weighted by atomic mass is 32.1. The molecule has 0 unspecified atom stereocenters. The molecule has 6 heteroatoms. The lowest BCUT2D eigenvalue weighted by Crippen LogP contribution is -2.38. The van der Waals surface area contributed by atoms with Gasteiger partial charge >= 0.3 is 0 Å². The van der Waals surface area contributed by atoms with E-state index in [1.54, 1.807) is 11.3 Å². The fraction of sp³-hybridized carbons (Fsp3) is 0.727. The molecule has 0 radical (unpaired) electrons. The molecule has 96 valence electrons. The molecule has 5 nitrogen and oxygen atoms in total. The van der Waals surface area contributed by atoms with E-state index < -0.39 is 0 Å². The van der Waals surface area contributed by atoms with Crippen molar-refractivity contribution < 1.29 is 9.47 Å². The molecule has 1 aliphatic rings. The average molecular weight is 257 g/mol. The minimum absolute atomic E-state index is 0.191. The maximum absolute atomic E-state index is 5.62. The quantitative estimate of drug-likeness (QED) is 0.854. The van der Waals surface area contributed by atoms with Crippen LogP contribution in [0.2, 0.25) is 0 Å². The third-order valence-electron chi connectivity index (χ3n) is 2.60. The van der Waals surface area contributed by atoms with Gasteiger partial charge in [0.05, 0.1) is 31.6 Å². The Morgan fingerprint density at radius 3 is 3.12 bits per heavy atom. The van der Waals surface area contributed by atoms with Gasteiger partial charge in [-0.05, 0) is 7.05 Å². The first-order valence-electron chi connectivity index (χ1n) is 5.78. The van der Waals surface area contributed by atoms with Gasteiger partial charge in [0.1, 0.15) is 0 Å². The summed E-state index contributed by atoms with van der Waals surface area (Å²) in [6.07, 6.45) is 0.191. The van der Waals surface area contributed by atoms with Gasteiger partial charge in [0.25, 0.3) is 0 Å². The number of likely N-dealkylation sites (N-methyl/N-ethyl adjacent to an activating group) is 1. The van der Waals surface area contributed by atoms with Crippen LogP contribution in [0.3, 0.4) is 0 Å². The van der Waals surface area contributed by atoms with E-state index in [1.165, 1.54) is 0 Å². The standard InChI is InChI=1S/C11H19N3O2S/c1-12-11-13-9(8-17-11)5-14(2)6-10-7-15-3-4-16-10/h8,10H,3-7H2,1-2H3,(H,12,13)/t10-/m0/s1. The van der Waals surface area contributed by atoms with Crippen LogP contribution in [0.5, 0.6) is 0 Å². The van der Waals surface area contributed by atoms with Crippen LogP contribution in [0, 0.1) is 0 Å². The van der Waals surface area contributed by atoms with Gasteiger partial charge in [-0.3, -0.25) is 4.90 Å². The molecule has 0 aromatic carbocycles. The molecule has 0 aliphatic carbocycles. The minimum Gasteiger partial charge on any atom is -0.376 e. The summed E-state index contributed by atoms with van der Waals surface area (Å²) in [4.78, 5) is 6.67. The van der Waals surface area contributed by atoms with Crippen LogP contribution in [-0.4, -0.2) is 56.4 Å². The number of nitrogens with one attached hydrogen (secondary N) is 1. The van der Waals surface area contributed by atoms with Crippen LogP contribution in [0.1, 0.15) is 5.69 Å². The van der Waals surface area contributed by atoms with Crippen molar-refractivity contribution in [3.63, 3.8) is 0 Å². The molecule has 1 atom stereocenters. The first-order valence-corrected chi connectivity index (χ1v) is 6.66. The fourth-order valence-corrected chi connectivity index (χ4v) is 2.49. The van der Waals surface area contributed by atoms with Crippen LogP contribution >= 0.6 is 11.3 Å². The predicted octanol–water partition coefficient (Wildman–Crippen LogP) is 1.03. The van der Waals surface area contributed by atoms with Crippen molar-refractivity contribution in [2.45, 2.75) is 12.6 Å². The van der Waals surface area contributed by atoms with Crippen molar-refractivity contribution in [2.75, 3.05) is 45.8 Å². The molecule has 2 rings (SSSR count). The Kier molecular flexibility index (Phi) is 4.73. The van der Waals surface area contributed by atoms with E-state index >= 15 is 0 Å². The number of nitrogens with zero attached hydrogens (tertiary/aromatic N) is 2. The zero-order valence-corrected chi connectivity index (χ0v) is 11.1. The first-order chi connectivity index (χ1) is 8.28. The van der Waals surface area contributed by atoms with Gasteiger partial charge in [0, 0.05) is 25.5 Å². The molecule has 1 aromatic rings. The summed E-state index contributed by atoms with van der Waals surface area (Å²) >= 11 is 1.63. The number of aromatic nitrogens is 1. The molecule has 2 heterocycles. The highest BCUT2D eigenvalue weighted by Gasteiger charge is 2.16. The van der Waals surface area contributed by atoms with Crippen molar-refractivity contribution in [1.82, 2.24) is 9.88 Å². The van der Waals surface area contributed by atoms with E-state index in [-0.39, 0.29) is 6.10 Å². The van der Waals surface area contributed by atoms with Crippen LogP contribution in [0.15, 0.2) is 5.38 Å². The predicted molar refractivity (Wildman–Crippen MR) is 68.6 cm³/mol. The molecule has 1 N–H and O–H groups in total. The molecule has 1 saturated heterocycles. The second-order valence-electron chi connectivity index (χ2n) is 4.16. The molecule has 0 saturated carbocycles. The molecular formula is C11H19N3O2S. The van der Waals surface area contributed by atoms with Crippen molar-refractivity contribution in [1.29, 1.82) is 0 Å². The van der Waals surface area contributed by atoms with Crippen molar-refractivity contribution in [3.05, 3.63) is 11.1 Å². The fourth-order valence-electron chi connectivity index (χ4n) is 1.83. The average Bonchev–Trinajstić information content (AvgIpc) is 2.78. The third-order valence-corrected chi connectivity index (χ3v) is 3.51. The van der Waals surface area contributed by atoms with Crippen molar-refractivity contribution in [3.8, 4) is 0 Å². The number of ether oxygens (including phenoxy) is 2. The summed E-state index contributed by atoms with van der Waals surface area (Å²) in [7, 11) is 3.97. The van der Waals surface area contributed by atoms with E-state index in [1.807, 2.05) is 7.05 Å². The van der Waals surface area contributed by atoms with Crippen LogP contribution < -0.4 is 5.32 Å². The van der Waals surface area contributed by atoms with E-state index in [0.29, 0.717) is 13.2 Å². The summed E-state index contributed by atoms with van der Waals surface area (Å²) in [6.45, 7) is 3.85. The Hall–Kier alpha value is -0.690. The van der Waals surface area contributed by atoms with Gasteiger partial charge in [0.2, 0.25) is 0 Å². The van der Waals surface area contributed by atoms with E-state index in [2.05, 4.69) is 27.6 Å². The second kappa shape index (κ2) is 6.30. The Labute approximate surface area is 106 Å². The van der Waals surface area contributed by atoms with Gasteiger partial charge in [-0.2, -0.15) is 0 Å². The summed E-state index contributed by atoms with van der Waals surface area (Å²) in [5.74, 6) is 0. The summed E-state index contributed by atoms with van der Waals surface area (Å²) < 4.78 is 11.0. The largest absolute Gasteiger partial charge is 0.376 e. The zero-order valence-electron chi connectivity index (χ0n) is 10.3. The molecule has 1 aliphatic heterocycles. The van der Waals surface area contributed by atoms with Gasteiger partial charge in [0.15, 0.2) is 5.13 Å². The topological polar surface area (TPSA) is 46.6 Å².